The van der Waals surface area contributed by atoms with Gasteiger partial charge < -0.3 is 16.5 Å². The molecule has 0 radical (unpaired) electrons. The van der Waals surface area contributed by atoms with Gasteiger partial charge in [-0.3, -0.25) is 5.41 Å². The highest BCUT2D eigenvalue weighted by atomic mass is 15.0. The van der Waals surface area contributed by atoms with Gasteiger partial charge in [-0.1, -0.05) is 0 Å². The Morgan fingerprint density at radius 2 is 2.27 bits per heavy atom. The van der Waals surface area contributed by atoms with Crippen molar-refractivity contribution in [3.05, 3.63) is 24.0 Å². The first-order chi connectivity index (χ1) is 5.20. The number of nitrogens with zero attached hydrogens (tertiary/aromatic N) is 1. The Labute approximate surface area is 63.6 Å². The first-order valence-electron chi connectivity index (χ1n) is 3.02. The number of H-pyrrole nitrogens is 1. The van der Waals surface area contributed by atoms with Crippen molar-refractivity contribution in [2.75, 3.05) is 0 Å². The molecule has 1 rings (SSSR count). The molecule has 0 unspecified atom stereocenters. The van der Waals surface area contributed by atoms with Crippen molar-refractivity contribution in [2.24, 2.45) is 16.5 Å². The maximum atomic E-state index is 6.82. The van der Waals surface area contributed by atoms with Crippen molar-refractivity contribution in [2.45, 2.75) is 0 Å². The minimum absolute atomic E-state index is 0.225. The van der Waals surface area contributed by atoms with Crippen molar-refractivity contribution in [1.29, 1.82) is 5.41 Å². The van der Waals surface area contributed by atoms with Crippen LogP contribution in [0.1, 0.15) is 5.69 Å². The number of guanidine groups is 1. The van der Waals surface area contributed by atoms with Gasteiger partial charge in [0.05, 0.1) is 5.69 Å². The fraction of sp³-hybridized carbons (Fsp3) is 0. The number of hydrogen-bond donors (Lipinski definition) is 4. The molecule has 0 aliphatic rings. The molecular weight excluding hydrogens is 142 g/mol. The second-order valence-electron chi connectivity index (χ2n) is 1.97. The zero-order valence-corrected chi connectivity index (χ0v) is 5.83. The molecule has 6 N–H and O–H groups in total. The SMILES string of the molecule is N=C(N)/N=C(/N)c1ccc[nH]1. The molecule has 0 amide bonds. The lowest BCUT2D eigenvalue weighted by Gasteiger charge is -1.94. The standard InChI is InChI=1S/C6H9N5/c7-5(11-6(8)9)4-2-1-3-10-4/h1-3,10H,(H5,7,8,9,11). The Hall–Kier alpha value is -1.78. The van der Waals surface area contributed by atoms with Crippen molar-refractivity contribution < 1.29 is 0 Å². The molecule has 0 atom stereocenters. The summed E-state index contributed by atoms with van der Waals surface area (Å²) < 4.78 is 0. The zero-order valence-electron chi connectivity index (χ0n) is 5.83. The van der Waals surface area contributed by atoms with Gasteiger partial charge in [-0.15, -0.1) is 0 Å². The zero-order chi connectivity index (χ0) is 8.27. The summed E-state index contributed by atoms with van der Waals surface area (Å²) in [6.07, 6.45) is 1.72. The molecule has 1 aromatic heterocycles. The van der Waals surface area contributed by atoms with Crippen LogP contribution in [0.4, 0.5) is 0 Å². The minimum atomic E-state index is -0.294. The van der Waals surface area contributed by atoms with Crippen LogP contribution in [0, 0.1) is 5.41 Å². The van der Waals surface area contributed by atoms with Gasteiger partial charge >= 0.3 is 0 Å². The van der Waals surface area contributed by atoms with Gasteiger partial charge in [0.25, 0.3) is 0 Å². The molecule has 0 bridgehead atoms. The van der Waals surface area contributed by atoms with E-state index in [1.807, 2.05) is 0 Å². The molecule has 5 heteroatoms. The van der Waals surface area contributed by atoms with Gasteiger partial charge in [0.15, 0.2) is 5.84 Å². The van der Waals surface area contributed by atoms with Crippen LogP contribution in [0.2, 0.25) is 0 Å². The lowest BCUT2D eigenvalue weighted by atomic mass is 10.4. The Balaban J connectivity index is 2.86. The average molecular weight is 151 g/mol. The van der Waals surface area contributed by atoms with Crippen LogP contribution in [-0.4, -0.2) is 16.8 Å². The molecule has 0 fully saturated rings. The number of aromatic amines is 1. The fourth-order valence-corrected chi connectivity index (χ4v) is 0.680. The third-order valence-corrected chi connectivity index (χ3v) is 1.11. The van der Waals surface area contributed by atoms with Crippen molar-refractivity contribution in [3.8, 4) is 0 Å². The monoisotopic (exact) mass is 151 g/mol. The van der Waals surface area contributed by atoms with E-state index in [-0.39, 0.29) is 11.8 Å². The molecule has 0 aliphatic carbocycles. The molecule has 0 aliphatic heterocycles. The number of aromatic nitrogens is 1. The third-order valence-electron chi connectivity index (χ3n) is 1.11. The highest BCUT2D eigenvalue weighted by Crippen LogP contribution is 1.92. The van der Waals surface area contributed by atoms with E-state index in [0.29, 0.717) is 5.69 Å². The molecule has 11 heavy (non-hydrogen) atoms. The summed E-state index contributed by atoms with van der Waals surface area (Å²) in [5.74, 6) is -0.0698. The van der Waals surface area contributed by atoms with Crippen LogP contribution < -0.4 is 11.5 Å². The van der Waals surface area contributed by atoms with Crippen LogP contribution in [0.5, 0.6) is 0 Å². The van der Waals surface area contributed by atoms with E-state index in [9.17, 15) is 0 Å². The molecule has 1 aromatic rings. The predicted octanol–water partition coefficient (Wildman–Crippen LogP) is -0.387. The maximum Gasteiger partial charge on any atom is 0.214 e. The maximum absolute atomic E-state index is 6.82. The van der Waals surface area contributed by atoms with E-state index in [4.69, 9.17) is 16.9 Å². The summed E-state index contributed by atoms with van der Waals surface area (Å²) >= 11 is 0. The first-order valence-corrected chi connectivity index (χ1v) is 3.02. The Bertz CT molecular complexity index is 271. The number of hydrogen-bond acceptors (Lipinski definition) is 1. The molecule has 1 heterocycles. The Kier molecular flexibility index (Phi) is 1.91. The molecule has 0 saturated heterocycles. The Morgan fingerprint density at radius 1 is 1.55 bits per heavy atom. The smallest absolute Gasteiger partial charge is 0.214 e. The first kappa shape index (κ1) is 7.33. The number of aliphatic imine (C=N–C) groups is 1. The highest BCUT2D eigenvalue weighted by Gasteiger charge is 1.96. The molecule has 58 valence electrons. The van der Waals surface area contributed by atoms with Crippen LogP contribution >= 0.6 is 0 Å². The lowest BCUT2D eigenvalue weighted by molar-refractivity contribution is 1.32. The van der Waals surface area contributed by atoms with Crippen LogP contribution in [-0.2, 0) is 0 Å². The second kappa shape index (κ2) is 2.87. The minimum Gasteiger partial charge on any atom is -0.382 e. The van der Waals surface area contributed by atoms with Gasteiger partial charge in [-0.05, 0) is 12.1 Å². The number of nitrogens with one attached hydrogen (secondary N) is 2. The normalized spacial score (nSPS) is 11.5. The lowest BCUT2D eigenvalue weighted by Crippen LogP contribution is -2.19. The summed E-state index contributed by atoms with van der Waals surface area (Å²) in [5.41, 5.74) is 11.1. The summed E-state index contributed by atoms with van der Waals surface area (Å²) in [7, 11) is 0. The molecule has 0 saturated carbocycles. The van der Waals surface area contributed by atoms with Crippen molar-refractivity contribution in [1.82, 2.24) is 4.98 Å². The predicted molar refractivity (Wildman–Crippen MR) is 43.4 cm³/mol. The Morgan fingerprint density at radius 3 is 2.73 bits per heavy atom. The van der Waals surface area contributed by atoms with Gasteiger partial charge in [0, 0.05) is 6.20 Å². The third kappa shape index (κ3) is 1.82. The summed E-state index contributed by atoms with van der Waals surface area (Å²) in [5, 5.41) is 6.82. The number of nitrogens with two attached hydrogens (primary N) is 2. The van der Waals surface area contributed by atoms with Crippen molar-refractivity contribution in [3.63, 3.8) is 0 Å². The molecule has 0 spiro atoms. The summed E-state index contributed by atoms with van der Waals surface area (Å²) in [4.78, 5) is 6.38. The van der Waals surface area contributed by atoms with E-state index < -0.39 is 0 Å². The number of amidine groups is 1. The average Bonchev–Trinajstić information content (AvgIpc) is 2.35. The van der Waals surface area contributed by atoms with Gasteiger partial charge in [-0.2, -0.15) is 4.99 Å². The fourth-order valence-electron chi connectivity index (χ4n) is 0.680. The van der Waals surface area contributed by atoms with E-state index >= 15 is 0 Å². The molecular formula is C6H9N5. The largest absolute Gasteiger partial charge is 0.382 e. The van der Waals surface area contributed by atoms with Gasteiger partial charge in [-0.25, -0.2) is 0 Å². The van der Waals surface area contributed by atoms with Crippen LogP contribution in [0.3, 0.4) is 0 Å². The van der Waals surface area contributed by atoms with Crippen LogP contribution in [0.25, 0.3) is 0 Å². The number of rotatable bonds is 1. The molecule has 5 nitrogen and oxygen atoms in total. The van der Waals surface area contributed by atoms with E-state index in [0.717, 1.165) is 0 Å². The molecule has 0 aromatic carbocycles. The van der Waals surface area contributed by atoms with Gasteiger partial charge in [0.1, 0.15) is 0 Å². The van der Waals surface area contributed by atoms with E-state index in [1.54, 1.807) is 18.3 Å². The second-order valence-corrected chi connectivity index (χ2v) is 1.97. The summed E-state index contributed by atoms with van der Waals surface area (Å²) in [6.45, 7) is 0. The van der Waals surface area contributed by atoms with E-state index in [1.165, 1.54) is 0 Å². The van der Waals surface area contributed by atoms with Crippen molar-refractivity contribution >= 4 is 11.8 Å². The van der Waals surface area contributed by atoms with Gasteiger partial charge in [0.2, 0.25) is 5.96 Å². The van der Waals surface area contributed by atoms with E-state index in [2.05, 4.69) is 9.98 Å². The topological polar surface area (TPSA) is 104 Å². The quantitative estimate of drug-likeness (QED) is 0.324. The summed E-state index contributed by atoms with van der Waals surface area (Å²) in [6, 6.07) is 3.54. The van der Waals surface area contributed by atoms with Crippen LogP contribution in [0.15, 0.2) is 23.3 Å². The highest BCUT2D eigenvalue weighted by molar-refractivity contribution is 6.02.